The Balaban J connectivity index is 0.000000152. The number of allylic oxidation sites excluding steroid dienone is 2. The van der Waals surface area contributed by atoms with Gasteiger partial charge in [0.1, 0.15) is 0 Å². The molecule has 0 unspecified atom stereocenters. The second-order valence-electron chi connectivity index (χ2n) is 32.3. The smallest absolute Gasteiger partial charge is 0.0462 e. The lowest BCUT2D eigenvalue weighted by atomic mass is 9.76. The second-order valence-corrected chi connectivity index (χ2v) is 32.3. The second kappa shape index (κ2) is 30.6. The summed E-state index contributed by atoms with van der Waals surface area (Å²) in [6.45, 7) is 9.55. The molecule has 560 valence electrons. The van der Waals surface area contributed by atoms with Gasteiger partial charge in [-0.3, -0.25) is 0 Å². The molecule has 2 nitrogen and oxygen atoms in total. The monoisotopic (exact) mass is 1510 g/mol. The lowest BCUT2D eigenvalue weighted by molar-refractivity contribution is 0.711. The van der Waals surface area contributed by atoms with Crippen LogP contribution in [0, 0.1) is 0 Å². The summed E-state index contributed by atoms with van der Waals surface area (Å²) < 4.78 is 0. The third kappa shape index (κ3) is 13.4. The first-order chi connectivity index (χ1) is 58.0. The van der Waals surface area contributed by atoms with E-state index in [9.17, 15) is 0 Å². The molecule has 0 heterocycles. The van der Waals surface area contributed by atoms with Gasteiger partial charge in [-0.2, -0.15) is 0 Å². The Morgan fingerprint density at radius 1 is 0.144 bits per heavy atom. The van der Waals surface area contributed by atoms with Crippen molar-refractivity contribution in [2.24, 2.45) is 0 Å². The van der Waals surface area contributed by atoms with Crippen LogP contribution in [-0.4, -0.2) is 0 Å². The highest BCUT2D eigenvalue weighted by Crippen LogP contribution is 2.55. The molecule has 118 heavy (non-hydrogen) atoms. The number of benzene rings is 19. The molecule has 0 fully saturated rings. The van der Waals surface area contributed by atoms with Gasteiger partial charge in [0.15, 0.2) is 0 Å². The minimum absolute atomic E-state index is 0.164. The van der Waals surface area contributed by atoms with E-state index in [0.717, 1.165) is 34.1 Å². The first kappa shape index (κ1) is 72.3. The van der Waals surface area contributed by atoms with E-state index in [0.29, 0.717) is 0 Å². The van der Waals surface area contributed by atoms with Crippen LogP contribution in [0.5, 0.6) is 0 Å². The summed E-state index contributed by atoms with van der Waals surface area (Å²) in [5.74, 6) is 0. The molecule has 2 aliphatic carbocycles. The fourth-order valence-corrected chi connectivity index (χ4v) is 18.6. The van der Waals surface area contributed by atoms with E-state index in [-0.39, 0.29) is 10.8 Å². The Labute approximate surface area is 692 Å². The number of fused-ring (bicyclic) bond motifs is 12. The van der Waals surface area contributed by atoms with E-state index in [1.807, 2.05) is 0 Å². The summed E-state index contributed by atoms with van der Waals surface area (Å²) in [6, 6.07) is 159. The molecule has 2 aliphatic rings. The third-order valence-electron chi connectivity index (χ3n) is 24.6. The van der Waals surface area contributed by atoms with Crippen LogP contribution in [0.25, 0.3) is 144 Å². The van der Waals surface area contributed by atoms with E-state index >= 15 is 0 Å². The maximum Gasteiger partial charge on any atom is 0.0462 e. The summed E-state index contributed by atoms with van der Waals surface area (Å²) in [4.78, 5) is 4.74. The van der Waals surface area contributed by atoms with Crippen molar-refractivity contribution in [2.45, 2.75) is 38.5 Å². The molecule has 0 radical (unpaired) electrons. The lowest BCUT2D eigenvalue weighted by Crippen LogP contribution is -2.17. The molecule has 19 aromatic carbocycles. The predicted molar refractivity (Wildman–Crippen MR) is 505 cm³/mol. The van der Waals surface area contributed by atoms with E-state index in [4.69, 9.17) is 0 Å². The zero-order chi connectivity index (χ0) is 79.3. The number of hydrogen-bond donors (Lipinski definition) is 0. The van der Waals surface area contributed by atoms with Crippen LogP contribution in [0.15, 0.2) is 437 Å². The summed E-state index contributed by atoms with van der Waals surface area (Å²) in [5.41, 5.74) is 34.0. The zero-order valence-electron chi connectivity index (χ0n) is 66.6. The Bertz CT molecular complexity index is 6830. The Hall–Kier alpha value is -14.7. The molecule has 19 aromatic rings. The van der Waals surface area contributed by atoms with Crippen molar-refractivity contribution in [3.05, 3.63) is 470 Å². The van der Waals surface area contributed by atoms with Gasteiger partial charge in [-0.1, -0.05) is 392 Å². The maximum absolute atomic E-state index is 2.45. The van der Waals surface area contributed by atoms with Gasteiger partial charge in [0, 0.05) is 45.0 Å². The van der Waals surface area contributed by atoms with Crippen molar-refractivity contribution in [1.29, 1.82) is 0 Å². The molecule has 2 heteroatoms. The van der Waals surface area contributed by atoms with Crippen molar-refractivity contribution < 1.29 is 0 Å². The first-order valence-electron chi connectivity index (χ1n) is 41.1. The quantitative estimate of drug-likeness (QED) is 0.0944. The van der Waals surface area contributed by atoms with Crippen LogP contribution in [0.2, 0.25) is 0 Å². The molecule has 0 saturated carbocycles. The molecule has 0 saturated heterocycles. The van der Waals surface area contributed by atoms with Gasteiger partial charge in [-0.05, 0) is 250 Å². The molecule has 0 N–H and O–H groups in total. The molecule has 0 aliphatic heterocycles. The van der Waals surface area contributed by atoms with Gasteiger partial charge in [0.2, 0.25) is 0 Å². The number of hydrogen-bond acceptors (Lipinski definition) is 2. The van der Waals surface area contributed by atoms with Crippen molar-refractivity contribution in [3.8, 4) is 77.9 Å². The number of anilines is 6. The van der Waals surface area contributed by atoms with Crippen LogP contribution in [-0.2, 0) is 10.8 Å². The molecule has 0 spiro atoms. The predicted octanol–water partition coefficient (Wildman–Crippen LogP) is 32.3. The topological polar surface area (TPSA) is 6.48 Å². The summed E-state index contributed by atoms with van der Waals surface area (Å²) in [5, 5.41) is 10.6. The van der Waals surface area contributed by atoms with Crippen LogP contribution < -0.4 is 9.80 Å². The zero-order valence-corrected chi connectivity index (χ0v) is 66.6. The average molecular weight is 1510 g/mol. The normalized spacial score (nSPS) is 13.0. The lowest BCUT2D eigenvalue weighted by Gasteiger charge is -2.28. The van der Waals surface area contributed by atoms with Gasteiger partial charge in [0.05, 0.1) is 0 Å². The van der Waals surface area contributed by atoms with E-state index in [1.54, 1.807) is 0 Å². The van der Waals surface area contributed by atoms with Crippen LogP contribution in [0.3, 0.4) is 0 Å². The Morgan fingerprint density at radius 3 is 0.508 bits per heavy atom. The van der Waals surface area contributed by atoms with Gasteiger partial charge in [0.25, 0.3) is 0 Å². The van der Waals surface area contributed by atoms with E-state index < -0.39 is 0 Å². The summed E-state index contributed by atoms with van der Waals surface area (Å²) >= 11 is 0. The van der Waals surface area contributed by atoms with Crippen LogP contribution in [0.4, 0.5) is 34.1 Å². The van der Waals surface area contributed by atoms with Crippen molar-refractivity contribution in [3.63, 3.8) is 0 Å². The molecular formula is C116H86N2. The number of nitrogens with zero attached hydrogens (tertiary/aromatic N) is 2. The highest BCUT2D eigenvalue weighted by molar-refractivity contribution is 6.19. The molecule has 21 rings (SSSR count). The Kier molecular flexibility index (Phi) is 18.7. The van der Waals surface area contributed by atoms with E-state index in [2.05, 4.69) is 486 Å². The van der Waals surface area contributed by atoms with Crippen molar-refractivity contribution >= 4 is 101 Å². The SMILES string of the molecule is CC1(C)C(c2ccc(N(c3ccc(-c4ccc(-c5ccccc5)cc4)cc3)c3ccc(-c4ccc(-c5ccccc5)cc4)cc3)cc2)=Cc2c1c1ccccc1c1ccccc21.CC1(C)C(c2ccc(N(c3ccc(-c4ccccc4)cc3)c3ccc(-c4ccc(-c5ccccc5)cc4)cc3)cc2)=Cc2c1c1ccccc1c1ccccc21. The van der Waals surface area contributed by atoms with Crippen LogP contribution in [0.1, 0.15) is 61.1 Å². The molecular weight excluding hydrogens is 1420 g/mol. The van der Waals surface area contributed by atoms with Gasteiger partial charge in [-0.15, -0.1) is 0 Å². The maximum atomic E-state index is 2.45. The molecule has 0 amide bonds. The van der Waals surface area contributed by atoms with Crippen LogP contribution >= 0.6 is 0 Å². The average Bonchev–Trinajstić information content (AvgIpc) is 1.46. The fourth-order valence-electron chi connectivity index (χ4n) is 18.6. The fraction of sp³-hybridized carbons (Fsp3) is 0.0517. The van der Waals surface area contributed by atoms with Gasteiger partial charge < -0.3 is 9.80 Å². The summed E-state index contributed by atoms with van der Waals surface area (Å²) in [7, 11) is 0. The summed E-state index contributed by atoms with van der Waals surface area (Å²) in [6.07, 6.45) is 4.90. The number of rotatable bonds is 15. The third-order valence-corrected chi connectivity index (χ3v) is 24.6. The highest BCUT2D eigenvalue weighted by Gasteiger charge is 2.38. The molecule has 0 bridgehead atoms. The van der Waals surface area contributed by atoms with Gasteiger partial charge in [-0.25, -0.2) is 0 Å². The van der Waals surface area contributed by atoms with Gasteiger partial charge >= 0.3 is 0 Å². The minimum atomic E-state index is -0.176. The largest absolute Gasteiger partial charge is 0.311 e. The first-order valence-corrected chi connectivity index (χ1v) is 41.1. The van der Waals surface area contributed by atoms with Crippen molar-refractivity contribution in [2.75, 3.05) is 9.80 Å². The minimum Gasteiger partial charge on any atom is -0.311 e. The Morgan fingerprint density at radius 2 is 0.297 bits per heavy atom. The van der Waals surface area contributed by atoms with E-state index in [1.165, 1.54) is 166 Å². The van der Waals surface area contributed by atoms with Crippen molar-refractivity contribution in [1.82, 2.24) is 0 Å². The molecule has 0 atom stereocenters. The standard InChI is InChI=1S/C61H45N.C55H41N/c1-61(2)59(41-58-56-19-10-9-17-54(56)55-18-11-12-20-57(55)60(58)61)50-33-39-53(40-34-50)62(51-35-29-48(30-36-51)46-25-21-44(22-26-46)42-13-5-3-6-14-42)52-37-31-49(32-38-52)47-27-23-45(24-28-47)43-15-7-4-8-16-43;1-55(2)53(37-52-50-19-10-9-17-48(50)49-18-11-12-20-51(49)54(52)55)44-29-35-47(36-30-44)56(45-31-25-42(26-32-45)39-15-7-4-8-16-39)46-33-27-43(28-34-46)41-23-21-40(22-24-41)38-13-5-3-6-14-38/h3-41H,1-2H3;3-37H,1-2H3. The molecule has 0 aromatic heterocycles. The highest BCUT2D eigenvalue weighted by atomic mass is 15.1.